The summed E-state index contributed by atoms with van der Waals surface area (Å²) >= 11 is 0. The number of nitrogens with one attached hydrogen (secondary N) is 1. The van der Waals surface area contributed by atoms with Crippen LogP contribution in [0.1, 0.15) is 41.0 Å². The molecule has 6 nitrogen and oxygen atoms in total. The molecule has 0 aromatic heterocycles. The van der Waals surface area contributed by atoms with Gasteiger partial charge in [-0.15, -0.1) is 0 Å². The van der Waals surface area contributed by atoms with Crippen LogP contribution in [-0.4, -0.2) is 30.9 Å². The predicted octanol–water partition coefficient (Wildman–Crippen LogP) is 3.47. The van der Waals surface area contributed by atoms with E-state index in [9.17, 15) is 14.4 Å². The number of carbonyl (C=O) groups excluding carboxylic acids is 3. The van der Waals surface area contributed by atoms with Gasteiger partial charge in [0.05, 0.1) is 12.2 Å². The Balaban J connectivity index is 1.90. The molecule has 2 aromatic carbocycles. The maximum atomic E-state index is 12.2. The average Bonchev–Trinajstić information content (AvgIpc) is 2.67. The van der Waals surface area contributed by atoms with Crippen molar-refractivity contribution in [2.75, 3.05) is 18.5 Å². The third-order valence-corrected chi connectivity index (χ3v) is 3.55. The monoisotopic (exact) mass is 355 g/mol. The number of ketones is 1. The molecule has 0 aliphatic rings. The highest BCUT2D eigenvalue weighted by Gasteiger charge is 2.09. The molecule has 0 atom stereocenters. The van der Waals surface area contributed by atoms with E-state index < -0.39 is 5.97 Å². The first-order valence-electron chi connectivity index (χ1n) is 8.36. The van der Waals surface area contributed by atoms with Gasteiger partial charge in [-0.3, -0.25) is 9.59 Å². The summed E-state index contributed by atoms with van der Waals surface area (Å²) in [6.07, 6.45) is 0.392. The minimum Gasteiger partial charge on any atom is -0.485 e. The summed E-state index contributed by atoms with van der Waals surface area (Å²) in [5, 5.41) is 2.72. The lowest BCUT2D eigenvalue weighted by molar-refractivity contribution is -0.115. The summed E-state index contributed by atoms with van der Waals surface area (Å²) in [6, 6.07) is 13.0. The molecule has 1 amide bonds. The van der Waals surface area contributed by atoms with Crippen LogP contribution in [0.4, 0.5) is 5.69 Å². The van der Waals surface area contributed by atoms with Crippen LogP contribution in [0.25, 0.3) is 0 Å². The SMILES string of the molecule is CCOC(=O)c1ccc(OCC(=O)c2ccc(NC(=O)CC)cc2)cc1. The Bertz CT molecular complexity index is 766. The van der Waals surface area contributed by atoms with Crippen molar-refractivity contribution in [3.05, 3.63) is 59.7 Å². The van der Waals surface area contributed by atoms with Gasteiger partial charge in [0.2, 0.25) is 5.91 Å². The fourth-order valence-electron chi connectivity index (χ4n) is 2.12. The number of anilines is 1. The Morgan fingerprint density at radius 1 is 0.885 bits per heavy atom. The number of hydrogen-bond donors (Lipinski definition) is 1. The number of carbonyl (C=O) groups is 3. The Labute approximate surface area is 152 Å². The molecular formula is C20H21NO5. The van der Waals surface area contributed by atoms with Gasteiger partial charge in [-0.1, -0.05) is 6.92 Å². The first-order valence-corrected chi connectivity index (χ1v) is 8.36. The van der Waals surface area contributed by atoms with E-state index >= 15 is 0 Å². The van der Waals surface area contributed by atoms with Crippen LogP contribution in [0.15, 0.2) is 48.5 Å². The number of benzene rings is 2. The van der Waals surface area contributed by atoms with Gasteiger partial charge in [0.1, 0.15) is 5.75 Å². The van der Waals surface area contributed by atoms with E-state index in [1.54, 1.807) is 62.4 Å². The lowest BCUT2D eigenvalue weighted by Crippen LogP contribution is -2.13. The van der Waals surface area contributed by atoms with E-state index in [0.717, 1.165) is 0 Å². The molecule has 0 aliphatic carbocycles. The van der Waals surface area contributed by atoms with E-state index in [2.05, 4.69) is 5.32 Å². The second kappa shape index (κ2) is 9.36. The molecule has 0 bridgehead atoms. The summed E-state index contributed by atoms with van der Waals surface area (Å²) < 4.78 is 10.4. The van der Waals surface area contributed by atoms with Crippen molar-refractivity contribution in [3.8, 4) is 5.75 Å². The van der Waals surface area contributed by atoms with Crippen molar-refractivity contribution >= 4 is 23.3 Å². The topological polar surface area (TPSA) is 81.7 Å². The Kier molecular flexibility index (Phi) is 6.91. The van der Waals surface area contributed by atoms with Crippen molar-refractivity contribution < 1.29 is 23.9 Å². The molecule has 0 spiro atoms. The summed E-state index contributed by atoms with van der Waals surface area (Å²) in [4.78, 5) is 35.1. The number of amides is 1. The highest BCUT2D eigenvalue weighted by Crippen LogP contribution is 2.15. The predicted molar refractivity (Wildman–Crippen MR) is 97.6 cm³/mol. The molecule has 0 radical (unpaired) electrons. The lowest BCUT2D eigenvalue weighted by Gasteiger charge is -2.08. The Morgan fingerprint density at radius 2 is 1.50 bits per heavy atom. The van der Waals surface area contributed by atoms with Gasteiger partial charge in [0.15, 0.2) is 12.4 Å². The van der Waals surface area contributed by atoms with Gasteiger partial charge >= 0.3 is 5.97 Å². The minimum atomic E-state index is -0.398. The van der Waals surface area contributed by atoms with Gasteiger partial charge in [-0.25, -0.2) is 4.79 Å². The van der Waals surface area contributed by atoms with Crippen molar-refractivity contribution in [2.45, 2.75) is 20.3 Å². The van der Waals surface area contributed by atoms with Gasteiger partial charge in [0.25, 0.3) is 0 Å². The first kappa shape index (κ1) is 19.2. The normalized spacial score (nSPS) is 10.1. The van der Waals surface area contributed by atoms with Gasteiger partial charge in [-0.05, 0) is 55.5 Å². The highest BCUT2D eigenvalue weighted by atomic mass is 16.5. The second-order valence-electron chi connectivity index (χ2n) is 5.44. The molecule has 6 heteroatoms. The molecule has 0 saturated carbocycles. The average molecular weight is 355 g/mol. The maximum Gasteiger partial charge on any atom is 0.338 e. The zero-order valence-electron chi connectivity index (χ0n) is 14.8. The quantitative estimate of drug-likeness (QED) is 0.579. The van der Waals surface area contributed by atoms with Crippen molar-refractivity contribution in [1.82, 2.24) is 0 Å². The standard InChI is InChI=1S/C20H21NO5/c1-3-19(23)21-16-9-5-14(6-10-16)18(22)13-26-17-11-7-15(8-12-17)20(24)25-4-2/h5-12H,3-4,13H2,1-2H3,(H,21,23). The molecule has 0 heterocycles. The molecule has 1 N–H and O–H groups in total. The zero-order valence-corrected chi connectivity index (χ0v) is 14.8. The summed E-state index contributed by atoms with van der Waals surface area (Å²) in [6.45, 7) is 3.70. The van der Waals surface area contributed by atoms with Crippen LogP contribution in [0, 0.1) is 0 Å². The van der Waals surface area contributed by atoms with Gasteiger partial charge in [-0.2, -0.15) is 0 Å². The second-order valence-corrected chi connectivity index (χ2v) is 5.44. The smallest absolute Gasteiger partial charge is 0.338 e. The van der Waals surface area contributed by atoms with Crippen LogP contribution in [0.5, 0.6) is 5.75 Å². The maximum absolute atomic E-state index is 12.2. The van der Waals surface area contributed by atoms with Gasteiger partial charge < -0.3 is 14.8 Å². The summed E-state index contributed by atoms with van der Waals surface area (Å²) in [5.41, 5.74) is 1.56. The number of hydrogen-bond acceptors (Lipinski definition) is 5. The van der Waals surface area contributed by atoms with Crippen molar-refractivity contribution in [1.29, 1.82) is 0 Å². The molecule has 0 unspecified atom stereocenters. The van der Waals surface area contributed by atoms with Crippen LogP contribution < -0.4 is 10.1 Å². The van der Waals surface area contributed by atoms with Crippen molar-refractivity contribution in [3.63, 3.8) is 0 Å². The lowest BCUT2D eigenvalue weighted by atomic mass is 10.1. The molecule has 2 aromatic rings. The van der Waals surface area contributed by atoms with Gasteiger partial charge in [0, 0.05) is 17.7 Å². The fourth-order valence-corrected chi connectivity index (χ4v) is 2.12. The van der Waals surface area contributed by atoms with Crippen LogP contribution in [-0.2, 0) is 9.53 Å². The Hall–Kier alpha value is -3.15. The van der Waals surface area contributed by atoms with E-state index in [4.69, 9.17) is 9.47 Å². The minimum absolute atomic E-state index is 0.0846. The molecule has 26 heavy (non-hydrogen) atoms. The summed E-state index contributed by atoms with van der Waals surface area (Å²) in [5.74, 6) is -0.185. The number of Topliss-reactive ketones (excluding diaryl/α,β-unsaturated/α-hetero) is 1. The molecule has 2 rings (SSSR count). The third kappa shape index (κ3) is 5.44. The molecule has 0 fully saturated rings. The highest BCUT2D eigenvalue weighted by molar-refractivity contribution is 5.98. The van der Waals surface area contributed by atoms with E-state index in [1.807, 2.05) is 0 Å². The van der Waals surface area contributed by atoms with E-state index in [-0.39, 0.29) is 18.3 Å². The van der Waals surface area contributed by atoms with Crippen LogP contribution >= 0.6 is 0 Å². The molecule has 0 saturated heterocycles. The molecule has 136 valence electrons. The number of esters is 1. The Morgan fingerprint density at radius 3 is 2.08 bits per heavy atom. The molecule has 0 aliphatic heterocycles. The van der Waals surface area contributed by atoms with Crippen molar-refractivity contribution in [2.24, 2.45) is 0 Å². The largest absolute Gasteiger partial charge is 0.485 e. The fraction of sp³-hybridized carbons (Fsp3) is 0.250. The number of ether oxygens (including phenoxy) is 2. The number of rotatable bonds is 8. The first-order chi connectivity index (χ1) is 12.5. The third-order valence-electron chi connectivity index (χ3n) is 3.55. The summed E-state index contributed by atoms with van der Waals surface area (Å²) in [7, 11) is 0. The molecular weight excluding hydrogens is 334 g/mol. The van der Waals surface area contributed by atoms with Crippen LogP contribution in [0.2, 0.25) is 0 Å². The zero-order chi connectivity index (χ0) is 18.9. The van der Waals surface area contributed by atoms with Crippen LogP contribution in [0.3, 0.4) is 0 Å². The van der Waals surface area contributed by atoms with E-state index in [1.165, 1.54) is 0 Å². The van der Waals surface area contributed by atoms with E-state index in [0.29, 0.717) is 35.6 Å².